The number of fused-ring (bicyclic) bond motifs is 5. The van der Waals surface area contributed by atoms with Crippen LogP contribution in [-0.4, -0.2) is 0 Å². The van der Waals surface area contributed by atoms with E-state index < -0.39 is 0 Å². The number of hydrogen-bond acceptors (Lipinski definition) is 0. The van der Waals surface area contributed by atoms with E-state index in [2.05, 4.69) is 74.5 Å². The van der Waals surface area contributed by atoms with Gasteiger partial charge in [-0.15, -0.1) is 0 Å². The van der Waals surface area contributed by atoms with E-state index in [4.69, 9.17) is 0 Å². The van der Waals surface area contributed by atoms with E-state index in [1.165, 1.54) is 27.8 Å². The van der Waals surface area contributed by atoms with Crippen LogP contribution in [0.5, 0.6) is 0 Å². The summed E-state index contributed by atoms with van der Waals surface area (Å²) in [7, 11) is 0. The summed E-state index contributed by atoms with van der Waals surface area (Å²) in [6.45, 7) is 8.41. The third-order valence-electron chi connectivity index (χ3n) is 5.15. The number of hydrogen-bond donors (Lipinski definition) is 0. The second kappa shape index (κ2) is 6.20. The quantitative estimate of drug-likeness (QED) is 0.552. The highest BCUT2D eigenvalue weighted by molar-refractivity contribution is 5.82. The van der Waals surface area contributed by atoms with E-state index >= 15 is 0 Å². The van der Waals surface area contributed by atoms with E-state index in [1.54, 1.807) is 5.57 Å². The summed E-state index contributed by atoms with van der Waals surface area (Å²) in [5.74, 6) is 0. The zero-order valence-corrected chi connectivity index (χ0v) is 14.7. The molecule has 0 nitrogen and oxygen atoms in total. The van der Waals surface area contributed by atoms with Gasteiger partial charge in [-0.05, 0) is 54.5 Å². The van der Waals surface area contributed by atoms with Gasteiger partial charge in [0.25, 0.3) is 0 Å². The molecule has 0 fully saturated rings. The standard InChI is InChI=1S/C21H20.C2H6/c1-3-8-16-14-21(13-15(16)2)19-11-6-4-9-17(19)18-10-5-7-12-20(18)21;1-2/h3-12H,13-14H2,1-2H3;1-2H3/b8-3-;. The van der Waals surface area contributed by atoms with Crippen LogP contribution in [0.4, 0.5) is 0 Å². The van der Waals surface area contributed by atoms with Crippen LogP contribution in [0, 0.1) is 0 Å². The fourth-order valence-corrected chi connectivity index (χ4v) is 4.30. The van der Waals surface area contributed by atoms with Crippen LogP contribution in [0.3, 0.4) is 0 Å². The van der Waals surface area contributed by atoms with Crippen LogP contribution in [0.25, 0.3) is 11.1 Å². The SMILES string of the molecule is C/C=C\C1=C(C)CC2(C1)c1ccccc1-c1ccccc12.CC. The van der Waals surface area contributed by atoms with Gasteiger partial charge in [0, 0.05) is 5.41 Å². The van der Waals surface area contributed by atoms with Gasteiger partial charge in [0.15, 0.2) is 0 Å². The summed E-state index contributed by atoms with van der Waals surface area (Å²) < 4.78 is 0. The van der Waals surface area contributed by atoms with Gasteiger partial charge in [0.05, 0.1) is 0 Å². The highest BCUT2D eigenvalue weighted by atomic mass is 14.5. The predicted molar refractivity (Wildman–Crippen MR) is 101 cm³/mol. The first-order chi connectivity index (χ1) is 11.3. The molecule has 2 aliphatic carbocycles. The van der Waals surface area contributed by atoms with Gasteiger partial charge in [-0.25, -0.2) is 0 Å². The van der Waals surface area contributed by atoms with Crippen LogP contribution >= 0.6 is 0 Å². The van der Waals surface area contributed by atoms with Crippen molar-refractivity contribution in [1.82, 2.24) is 0 Å². The Kier molecular flexibility index (Phi) is 4.26. The summed E-state index contributed by atoms with van der Waals surface area (Å²) in [5, 5.41) is 0. The van der Waals surface area contributed by atoms with Gasteiger partial charge in [-0.2, -0.15) is 0 Å². The first-order valence-corrected chi connectivity index (χ1v) is 8.77. The minimum absolute atomic E-state index is 0.173. The lowest BCUT2D eigenvalue weighted by atomic mass is 9.75. The maximum absolute atomic E-state index is 2.33. The average Bonchev–Trinajstić information content (AvgIpc) is 3.07. The third-order valence-corrected chi connectivity index (χ3v) is 5.15. The molecule has 2 aromatic carbocycles. The lowest BCUT2D eigenvalue weighted by molar-refractivity contribution is 0.560. The highest BCUT2D eigenvalue weighted by Crippen LogP contribution is 2.57. The summed E-state index contributed by atoms with van der Waals surface area (Å²) in [4.78, 5) is 0. The molecular formula is C23H26. The van der Waals surface area contributed by atoms with Gasteiger partial charge in [0.1, 0.15) is 0 Å². The number of benzene rings is 2. The molecule has 0 N–H and O–H groups in total. The van der Waals surface area contributed by atoms with Gasteiger partial charge in [-0.3, -0.25) is 0 Å². The second-order valence-corrected chi connectivity index (χ2v) is 6.33. The van der Waals surface area contributed by atoms with Gasteiger partial charge in [-0.1, -0.05) is 80.1 Å². The highest BCUT2D eigenvalue weighted by Gasteiger charge is 2.46. The Morgan fingerprint density at radius 3 is 1.87 bits per heavy atom. The Morgan fingerprint density at radius 2 is 1.35 bits per heavy atom. The lowest BCUT2D eigenvalue weighted by Crippen LogP contribution is -2.21. The van der Waals surface area contributed by atoms with Gasteiger partial charge in [0.2, 0.25) is 0 Å². The van der Waals surface area contributed by atoms with E-state index in [0.717, 1.165) is 12.8 Å². The van der Waals surface area contributed by atoms with Crippen LogP contribution in [-0.2, 0) is 5.41 Å². The van der Waals surface area contributed by atoms with Gasteiger partial charge >= 0.3 is 0 Å². The third kappa shape index (κ3) is 2.28. The molecule has 0 aliphatic heterocycles. The molecule has 1 spiro atoms. The molecular weight excluding hydrogens is 276 g/mol. The molecule has 2 aromatic rings. The van der Waals surface area contributed by atoms with Crippen molar-refractivity contribution in [3.63, 3.8) is 0 Å². The molecule has 0 amide bonds. The molecule has 0 heterocycles. The first-order valence-electron chi connectivity index (χ1n) is 8.77. The minimum Gasteiger partial charge on any atom is -0.0874 e. The Hall–Kier alpha value is -2.08. The van der Waals surface area contributed by atoms with Crippen molar-refractivity contribution in [2.45, 2.75) is 46.0 Å². The van der Waals surface area contributed by atoms with Crippen molar-refractivity contribution in [3.8, 4) is 11.1 Å². The average molecular weight is 302 g/mol. The van der Waals surface area contributed by atoms with Crippen molar-refractivity contribution >= 4 is 0 Å². The Labute approximate surface area is 140 Å². The van der Waals surface area contributed by atoms with Crippen LogP contribution in [0.1, 0.15) is 51.7 Å². The molecule has 118 valence electrons. The van der Waals surface area contributed by atoms with E-state index in [9.17, 15) is 0 Å². The molecule has 4 rings (SSSR count). The molecule has 0 heteroatoms. The maximum Gasteiger partial charge on any atom is 0.0292 e. The Bertz CT molecular complexity index is 729. The molecule has 2 aliphatic rings. The van der Waals surface area contributed by atoms with Crippen LogP contribution < -0.4 is 0 Å². The second-order valence-electron chi connectivity index (χ2n) is 6.33. The summed E-state index contributed by atoms with van der Waals surface area (Å²) in [6.07, 6.45) is 6.76. The molecule has 23 heavy (non-hydrogen) atoms. The van der Waals surface area contributed by atoms with Crippen molar-refractivity contribution in [3.05, 3.63) is 83.0 Å². The van der Waals surface area contributed by atoms with Crippen LogP contribution in [0.2, 0.25) is 0 Å². The smallest absolute Gasteiger partial charge is 0.0292 e. The molecule has 0 atom stereocenters. The molecule has 0 saturated heterocycles. The monoisotopic (exact) mass is 302 g/mol. The van der Waals surface area contributed by atoms with Crippen molar-refractivity contribution in [2.24, 2.45) is 0 Å². The fraction of sp³-hybridized carbons (Fsp3) is 0.304. The largest absolute Gasteiger partial charge is 0.0874 e. The normalized spacial score (nSPS) is 17.2. The van der Waals surface area contributed by atoms with Crippen molar-refractivity contribution in [2.75, 3.05) is 0 Å². The van der Waals surface area contributed by atoms with Crippen molar-refractivity contribution < 1.29 is 0 Å². The summed E-state index contributed by atoms with van der Waals surface area (Å²) >= 11 is 0. The molecule has 0 saturated carbocycles. The summed E-state index contributed by atoms with van der Waals surface area (Å²) in [5.41, 5.74) is 9.13. The number of rotatable bonds is 1. The molecule has 0 radical (unpaired) electrons. The molecule has 0 bridgehead atoms. The Balaban J connectivity index is 0.000000753. The van der Waals surface area contributed by atoms with Gasteiger partial charge < -0.3 is 0 Å². The minimum atomic E-state index is 0.173. The zero-order valence-electron chi connectivity index (χ0n) is 14.7. The number of allylic oxidation sites excluding steroid dienone is 4. The predicted octanol–water partition coefficient (Wildman–Crippen LogP) is 6.67. The first kappa shape index (κ1) is 15.8. The molecule has 0 unspecified atom stereocenters. The maximum atomic E-state index is 2.33. The van der Waals surface area contributed by atoms with Crippen LogP contribution in [0.15, 0.2) is 71.8 Å². The van der Waals surface area contributed by atoms with E-state index in [1.807, 2.05) is 13.8 Å². The Morgan fingerprint density at radius 1 is 0.826 bits per heavy atom. The van der Waals surface area contributed by atoms with E-state index in [-0.39, 0.29) is 5.41 Å². The summed E-state index contributed by atoms with van der Waals surface area (Å²) in [6, 6.07) is 17.9. The topological polar surface area (TPSA) is 0 Å². The molecule has 0 aromatic heterocycles. The lowest BCUT2D eigenvalue weighted by Gasteiger charge is -2.27. The fourth-order valence-electron chi connectivity index (χ4n) is 4.30. The van der Waals surface area contributed by atoms with Crippen molar-refractivity contribution in [1.29, 1.82) is 0 Å². The van der Waals surface area contributed by atoms with E-state index in [0.29, 0.717) is 0 Å². The zero-order chi connectivity index (χ0) is 16.4.